The van der Waals surface area contributed by atoms with Crippen LogP contribution in [0.3, 0.4) is 0 Å². The molecule has 0 amide bonds. The molecule has 0 bridgehead atoms. The monoisotopic (exact) mass is 290 g/mol. The quantitative estimate of drug-likeness (QED) is 0.466. The van der Waals surface area contributed by atoms with Crippen molar-refractivity contribution in [2.24, 2.45) is 0 Å². The molecule has 112 valence electrons. The topological polar surface area (TPSA) is 82.6 Å². The second-order valence-corrected chi connectivity index (χ2v) is 4.76. The van der Waals surface area contributed by atoms with Gasteiger partial charge in [0.15, 0.2) is 5.75 Å². The van der Waals surface area contributed by atoms with E-state index in [1.54, 1.807) is 19.1 Å². The first-order chi connectivity index (χ1) is 10.2. The van der Waals surface area contributed by atoms with Gasteiger partial charge in [-0.05, 0) is 13.0 Å². The molecule has 0 aliphatic carbocycles. The third-order valence-electron chi connectivity index (χ3n) is 3.47. The van der Waals surface area contributed by atoms with Crippen LogP contribution in [0.15, 0.2) is 18.2 Å². The highest BCUT2D eigenvalue weighted by molar-refractivity contribution is 5.59. The predicted molar refractivity (Wildman–Crippen MR) is 78.5 cm³/mol. The van der Waals surface area contributed by atoms with Crippen molar-refractivity contribution in [3.8, 4) is 11.8 Å². The molecule has 0 aromatic heterocycles. The summed E-state index contributed by atoms with van der Waals surface area (Å²) >= 11 is 0. The minimum absolute atomic E-state index is 0.0104. The maximum absolute atomic E-state index is 11.0. The predicted octanol–water partition coefficient (Wildman–Crippen LogP) is 1.64. The van der Waals surface area contributed by atoms with Gasteiger partial charge in [-0.2, -0.15) is 5.26 Å². The van der Waals surface area contributed by atoms with Crippen LogP contribution in [0.4, 0.5) is 11.4 Å². The number of anilines is 1. The zero-order valence-electron chi connectivity index (χ0n) is 12.0. The normalized spacial score (nSPS) is 15.5. The lowest BCUT2D eigenvalue weighted by Gasteiger charge is -2.35. The highest BCUT2D eigenvalue weighted by Gasteiger charge is 2.20. The van der Waals surface area contributed by atoms with Crippen LogP contribution in [0, 0.1) is 21.4 Å². The molecule has 1 heterocycles. The van der Waals surface area contributed by atoms with Gasteiger partial charge in [-0.3, -0.25) is 15.0 Å². The summed E-state index contributed by atoms with van der Waals surface area (Å²) in [6, 6.07) is 7.11. The summed E-state index contributed by atoms with van der Waals surface area (Å²) < 4.78 is 5.37. The summed E-state index contributed by atoms with van der Waals surface area (Å²) in [6.45, 7) is 5.86. The van der Waals surface area contributed by atoms with Crippen molar-refractivity contribution in [2.45, 2.75) is 6.92 Å². The van der Waals surface area contributed by atoms with Crippen LogP contribution in [-0.2, 0) is 0 Å². The molecular weight excluding hydrogens is 272 g/mol. The Hall–Kier alpha value is -2.33. The van der Waals surface area contributed by atoms with Crippen LogP contribution in [0.1, 0.15) is 6.92 Å². The van der Waals surface area contributed by atoms with Crippen molar-refractivity contribution in [3.05, 3.63) is 28.3 Å². The Balaban J connectivity index is 2.12. The molecule has 7 nitrogen and oxygen atoms in total. The second-order valence-electron chi connectivity index (χ2n) is 4.76. The van der Waals surface area contributed by atoms with Crippen molar-refractivity contribution in [1.82, 2.24) is 4.90 Å². The lowest BCUT2D eigenvalue weighted by Crippen LogP contribution is -2.46. The second kappa shape index (κ2) is 6.90. The Kier molecular flexibility index (Phi) is 4.95. The molecule has 1 aromatic rings. The third kappa shape index (κ3) is 3.61. The number of benzene rings is 1. The van der Waals surface area contributed by atoms with Gasteiger partial charge < -0.3 is 9.64 Å². The first-order valence-electron chi connectivity index (χ1n) is 6.91. The lowest BCUT2D eigenvalue weighted by atomic mass is 10.2. The molecule has 1 fully saturated rings. The molecule has 1 aliphatic rings. The Morgan fingerprint density at radius 1 is 1.38 bits per heavy atom. The van der Waals surface area contributed by atoms with E-state index in [0.29, 0.717) is 18.9 Å². The van der Waals surface area contributed by atoms with E-state index in [9.17, 15) is 10.1 Å². The summed E-state index contributed by atoms with van der Waals surface area (Å²) in [5.41, 5.74) is 0.907. The molecule has 0 N–H and O–H groups in total. The Morgan fingerprint density at radius 3 is 2.67 bits per heavy atom. The van der Waals surface area contributed by atoms with Crippen LogP contribution in [0.5, 0.6) is 5.75 Å². The number of ether oxygens (including phenoxy) is 1. The fourth-order valence-electron chi connectivity index (χ4n) is 2.39. The van der Waals surface area contributed by atoms with E-state index < -0.39 is 4.92 Å². The Labute approximate surface area is 123 Å². The largest absolute Gasteiger partial charge is 0.487 e. The number of nitro groups is 1. The van der Waals surface area contributed by atoms with Crippen molar-refractivity contribution < 1.29 is 9.66 Å². The summed E-state index contributed by atoms with van der Waals surface area (Å²) in [5.74, 6) is 0.305. The molecule has 0 atom stereocenters. The van der Waals surface area contributed by atoms with Gasteiger partial charge in [0.05, 0.1) is 24.1 Å². The van der Waals surface area contributed by atoms with Gasteiger partial charge in [0, 0.05) is 44.0 Å². The van der Waals surface area contributed by atoms with Crippen molar-refractivity contribution in [1.29, 1.82) is 5.26 Å². The molecular formula is C14H18N4O3. The van der Waals surface area contributed by atoms with Gasteiger partial charge in [0.1, 0.15) is 0 Å². The summed E-state index contributed by atoms with van der Waals surface area (Å²) in [6.07, 6.45) is 0. The first kappa shape index (κ1) is 15.1. The minimum Gasteiger partial charge on any atom is -0.487 e. The lowest BCUT2D eigenvalue weighted by molar-refractivity contribution is -0.385. The zero-order chi connectivity index (χ0) is 15.2. The number of piperazine rings is 1. The van der Waals surface area contributed by atoms with Crippen LogP contribution in [-0.4, -0.2) is 49.2 Å². The molecule has 7 heteroatoms. The van der Waals surface area contributed by atoms with Gasteiger partial charge in [-0.1, -0.05) is 0 Å². The zero-order valence-corrected chi connectivity index (χ0v) is 12.0. The molecule has 21 heavy (non-hydrogen) atoms. The maximum atomic E-state index is 11.0. The Bertz CT molecular complexity index is 548. The average Bonchev–Trinajstić information content (AvgIpc) is 2.48. The number of rotatable bonds is 5. The van der Waals surface area contributed by atoms with Gasteiger partial charge in [0.25, 0.3) is 0 Å². The number of nitro benzene ring substituents is 1. The van der Waals surface area contributed by atoms with E-state index in [2.05, 4.69) is 15.9 Å². The van der Waals surface area contributed by atoms with E-state index in [4.69, 9.17) is 10.00 Å². The smallest absolute Gasteiger partial charge is 0.311 e. The number of nitrogens with zero attached hydrogens (tertiary/aromatic N) is 4. The highest BCUT2D eigenvalue weighted by Crippen LogP contribution is 2.32. The molecule has 1 saturated heterocycles. The van der Waals surface area contributed by atoms with E-state index in [1.807, 2.05) is 0 Å². The highest BCUT2D eigenvalue weighted by atomic mass is 16.6. The standard InChI is InChI=1S/C14H18N4O3/c1-2-21-14-11-12(3-4-13(14)18(19)20)17-9-7-16(6-5-15)8-10-17/h3-4,11H,2,6-10H2,1H3. The van der Waals surface area contributed by atoms with E-state index in [1.165, 1.54) is 6.07 Å². The molecule has 0 radical (unpaired) electrons. The fraction of sp³-hybridized carbons (Fsp3) is 0.500. The van der Waals surface area contributed by atoms with Gasteiger partial charge >= 0.3 is 5.69 Å². The fourth-order valence-corrected chi connectivity index (χ4v) is 2.39. The third-order valence-corrected chi connectivity index (χ3v) is 3.47. The molecule has 0 spiro atoms. The Morgan fingerprint density at radius 2 is 2.10 bits per heavy atom. The number of hydrogen-bond donors (Lipinski definition) is 0. The molecule has 1 aliphatic heterocycles. The van der Waals surface area contributed by atoms with Gasteiger partial charge in [-0.25, -0.2) is 0 Å². The summed E-state index contributed by atoms with van der Waals surface area (Å²) in [5, 5.41) is 19.7. The summed E-state index contributed by atoms with van der Waals surface area (Å²) in [4.78, 5) is 14.8. The van der Waals surface area contributed by atoms with E-state index in [-0.39, 0.29) is 5.69 Å². The minimum atomic E-state index is -0.431. The van der Waals surface area contributed by atoms with E-state index >= 15 is 0 Å². The van der Waals surface area contributed by atoms with E-state index in [0.717, 1.165) is 31.9 Å². The molecule has 2 rings (SSSR count). The SMILES string of the molecule is CCOc1cc(N2CCN(CC#N)CC2)ccc1[N+](=O)[O-]. The molecule has 0 saturated carbocycles. The van der Waals surface area contributed by atoms with Crippen molar-refractivity contribution in [3.63, 3.8) is 0 Å². The van der Waals surface area contributed by atoms with Crippen LogP contribution in [0.25, 0.3) is 0 Å². The van der Waals surface area contributed by atoms with Crippen LogP contribution < -0.4 is 9.64 Å². The van der Waals surface area contributed by atoms with Crippen LogP contribution in [0.2, 0.25) is 0 Å². The maximum Gasteiger partial charge on any atom is 0.311 e. The average molecular weight is 290 g/mol. The van der Waals surface area contributed by atoms with Crippen molar-refractivity contribution in [2.75, 3.05) is 44.2 Å². The summed E-state index contributed by atoms with van der Waals surface area (Å²) in [7, 11) is 0. The molecule has 0 unspecified atom stereocenters. The number of nitriles is 1. The first-order valence-corrected chi connectivity index (χ1v) is 6.91. The molecule has 1 aromatic carbocycles. The van der Waals surface area contributed by atoms with Crippen LogP contribution >= 0.6 is 0 Å². The number of hydrogen-bond acceptors (Lipinski definition) is 6. The van der Waals surface area contributed by atoms with Crippen molar-refractivity contribution >= 4 is 11.4 Å². The van der Waals surface area contributed by atoms with Gasteiger partial charge in [-0.15, -0.1) is 0 Å². The van der Waals surface area contributed by atoms with Gasteiger partial charge in [0.2, 0.25) is 0 Å².